The Balaban J connectivity index is 1.86. The number of aromatic nitrogens is 2. The van der Waals surface area contributed by atoms with Crippen LogP contribution in [0.1, 0.15) is 25.8 Å². The zero-order valence-electron chi connectivity index (χ0n) is 11.5. The number of rotatable bonds is 4. The largest absolute Gasteiger partial charge is 0.486 e. The molecule has 0 radical (unpaired) electrons. The number of ether oxygens (including phenoxy) is 2. The van der Waals surface area contributed by atoms with Crippen molar-refractivity contribution in [2.24, 2.45) is 0 Å². The van der Waals surface area contributed by atoms with Gasteiger partial charge < -0.3 is 19.2 Å². The Morgan fingerprint density at radius 2 is 2.00 bits per heavy atom. The van der Waals surface area contributed by atoms with Crippen molar-refractivity contribution in [3.63, 3.8) is 0 Å². The Hall–Kier alpha value is -2.08. The summed E-state index contributed by atoms with van der Waals surface area (Å²) < 4.78 is 16.7. The van der Waals surface area contributed by atoms with Gasteiger partial charge in [0, 0.05) is 5.56 Å². The summed E-state index contributed by atoms with van der Waals surface area (Å²) in [5.41, 5.74) is 0.830. The number of benzene rings is 1. The molecule has 1 aliphatic rings. The highest BCUT2D eigenvalue weighted by Gasteiger charge is 2.17. The average molecular weight is 275 g/mol. The van der Waals surface area contributed by atoms with E-state index in [2.05, 4.69) is 15.5 Å². The number of nitrogens with zero attached hydrogens (tertiary/aromatic N) is 2. The third-order valence-electron chi connectivity index (χ3n) is 3.11. The molecular weight excluding hydrogens is 258 g/mol. The van der Waals surface area contributed by atoms with Crippen LogP contribution in [0.25, 0.3) is 11.5 Å². The van der Waals surface area contributed by atoms with Crippen molar-refractivity contribution in [2.45, 2.75) is 19.9 Å². The first kappa shape index (κ1) is 12.9. The summed E-state index contributed by atoms with van der Waals surface area (Å²) in [4.78, 5) is 0. The topological polar surface area (TPSA) is 69.4 Å². The van der Waals surface area contributed by atoms with Crippen LogP contribution in [-0.4, -0.2) is 30.0 Å². The third-order valence-corrected chi connectivity index (χ3v) is 3.11. The lowest BCUT2D eigenvalue weighted by Gasteiger charge is -2.18. The number of fused-ring (bicyclic) bond motifs is 1. The fraction of sp³-hybridized carbons (Fsp3) is 0.429. The molecule has 1 aromatic carbocycles. The molecule has 20 heavy (non-hydrogen) atoms. The van der Waals surface area contributed by atoms with E-state index in [4.69, 9.17) is 13.9 Å². The Morgan fingerprint density at radius 1 is 1.20 bits per heavy atom. The van der Waals surface area contributed by atoms with Crippen LogP contribution in [0.2, 0.25) is 0 Å². The molecule has 0 fully saturated rings. The van der Waals surface area contributed by atoms with Gasteiger partial charge in [-0.3, -0.25) is 0 Å². The Kier molecular flexibility index (Phi) is 3.56. The standard InChI is InChI=1S/C14H17N3O3/c1-3-15-9(2)13-16-17-14(20-13)10-4-5-11-12(8-10)19-7-6-18-11/h4-5,8-9,15H,3,6-7H2,1-2H3. The van der Waals surface area contributed by atoms with Gasteiger partial charge in [-0.05, 0) is 31.7 Å². The van der Waals surface area contributed by atoms with E-state index in [0.717, 1.165) is 17.9 Å². The molecule has 106 valence electrons. The predicted octanol–water partition coefficient (Wildman–Crippen LogP) is 2.18. The van der Waals surface area contributed by atoms with Gasteiger partial charge in [-0.15, -0.1) is 10.2 Å². The minimum absolute atomic E-state index is 0.0402. The van der Waals surface area contributed by atoms with E-state index >= 15 is 0 Å². The summed E-state index contributed by atoms with van der Waals surface area (Å²) in [5.74, 6) is 2.53. The molecular formula is C14H17N3O3. The lowest BCUT2D eigenvalue weighted by molar-refractivity contribution is 0.171. The summed E-state index contributed by atoms with van der Waals surface area (Å²) >= 11 is 0. The minimum Gasteiger partial charge on any atom is -0.486 e. The lowest BCUT2D eigenvalue weighted by Crippen LogP contribution is -2.17. The second-order valence-corrected chi connectivity index (χ2v) is 4.58. The van der Waals surface area contributed by atoms with Crippen LogP contribution < -0.4 is 14.8 Å². The monoisotopic (exact) mass is 275 g/mol. The highest BCUT2D eigenvalue weighted by atomic mass is 16.6. The van der Waals surface area contributed by atoms with Gasteiger partial charge in [0.25, 0.3) is 0 Å². The summed E-state index contributed by atoms with van der Waals surface area (Å²) in [6.45, 7) is 6.02. The third kappa shape index (κ3) is 2.46. The van der Waals surface area contributed by atoms with E-state index < -0.39 is 0 Å². The van der Waals surface area contributed by atoms with Crippen LogP contribution >= 0.6 is 0 Å². The first-order valence-electron chi connectivity index (χ1n) is 6.74. The van der Waals surface area contributed by atoms with Crippen LogP contribution in [0.4, 0.5) is 0 Å². The van der Waals surface area contributed by atoms with Crippen LogP contribution in [-0.2, 0) is 0 Å². The van der Waals surface area contributed by atoms with Crippen LogP contribution in [0.3, 0.4) is 0 Å². The molecule has 0 aliphatic carbocycles. The molecule has 3 rings (SSSR count). The van der Waals surface area contributed by atoms with E-state index in [0.29, 0.717) is 30.7 Å². The molecule has 6 heteroatoms. The predicted molar refractivity (Wildman–Crippen MR) is 72.8 cm³/mol. The molecule has 0 saturated heterocycles. The quantitative estimate of drug-likeness (QED) is 0.922. The number of hydrogen-bond donors (Lipinski definition) is 1. The zero-order valence-corrected chi connectivity index (χ0v) is 11.5. The first-order chi connectivity index (χ1) is 9.78. The molecule has 1 unspecified atom stereocenters. The second kappa shape index (κ2) is 5.50. The smallest absolute Gasteiger partial charge is 0.247 e. The van der Waals surface area contributed by atoms with Crippen LogP contribution in [0.5, 0.6) is 11.5 Å². The molecule has 0 bridgehead atoms. The van der Waals surface area contributed by atoms with Gasteiger partial charge in [0.1, 0.15) is 13.2 Å². The highest BCUT2D eigenvalue weighted by molar-refractivity contribution is 5.59. The van der Waals surface area contributed by atoms with Crippen molar-refractivity contribution in [1.29, 1.82) is 0 Å². The van der Waals surface area contributed by atoms with E-state index in [1.807, 2.05) is 32.0 Å². The maximum Gasteiger partial charge on any atom is 0.247 e. The summed E-state index contributed by atoms with van der Waals surface area (Å²) in [7, 11) is 0. The number of hydrogen-bond acceptors (Lipinski definition) is 6. The summed E-state index contributed by atoms with van der Waals surface area (Å²) in [5, 5.41) is 11.4. The van der Waals surface area contributed by atoms with Crippen molar-refractivity contribution in [3.8, 4) is 23.0 Å². The fourth-order valence-electron chi connectivity index (χ4n) is 2.10. The maximum atomic E-state index is 5.69. The van der Waals surface area contributed by atoms with E-state index in [-0.39, 0.29) is 6.04 Å². The molecule has 0 spiro atoms. The van der Waals surface area contributed by atoms with Gasteiger partial charge >= 0.3 is 0 Å². The molecule has 2 aromatic rings. The van der Waals surface area contributed by atoms with E-state index in [1.54, 1.807) is 0 Å². The van der Waals surface area contributed by atoms with Crippen molar-refractivity contribution in [3.05, 3.63) is 24.1 Å². The van der Waals surface area contributed by atoms with Gasteiger partial charge in [-0.25, -0.2) is 0 Å². The molecule has 0 saturated carbocycles. The van der Waals surface area contributed by atoms with E-state index in [1.165, 1.54) is 0 Å². The molecule has 1 aliphatic heterocycles. The van der Waals surface area contributed by atoms with Crippen molar-refractivity contribution in [1.82, 2.24) is 15.5 Å². The SMILES string of the molecule is CCNC(C)c1nnc(-c2ccc3c(c2)OCCO3)o1. The molecule has 1 atom stereocenters. The molecule has 1 N–H and O–H groups in total. The van der Waals surface area contributed by atoms with Crippen molar-refractivity contribution < 1.29 is 13.9 Å². The normalized spacial score (nSPS) is 15.1. The highest BCUT2D eigenvalue weighted by Crippen LogP contribution is 2.34. The van der Waals surface area contributed by atoms with Crippen molar-refractivity contribution >= 4 is 0 Å². The Morgan fingerprint density at radius 3 is 2.80 bits per heavy atom. The average Bonchev–Trinajstić information content (AvgIpc) is 2.97. The Bertz CT molecular complexity index is 597. The van der Waals surface area contributed by atoms with Gasteiger partial charge in [-0.2, -0.15) is 0 Å². The molecule has 6 nitrogen and oxygen atoms in total. The molecule has 0 amide bonds. The Labute approximate surface area is 117 Å². The van der Waals surface area contributed by atoms with Gasteiger partial charge in [0.2, 0.25) is 11.8 Å². The second-order valence-electron chi connectivity index (χ2n) is 4.58. The van der Waals surface area contributed by atoms with Crippen LogP contribution in [0, 0.1) is 0 Å². The molecule has 1 aromatic heterocycles. The summed E-state index contributed by atoms with van der Waals surface area (Å²) in [6, 6.07) is 5.66. The van der Waals surface area contributed by atoms with E-state index in [9.17, 15) is 0 Å². The zero-order chi connectivity index (χ0) is 13.9. The summed E-state index contributed by atoms with van der Waals surface area (Å²) in [6.07, 6.45) is 0. The van der Waals surface area contributed by atoms with Gasteiger partial charge in [0.15, 0.2) is 11.5 Å². The lowest BCUT2D eigenvalue weighted by atomic mass is 10.2. The van der Waals surface area contributed by atoms with Crippen LogP contribution in [0.15, 0.2) is 22.6 Å². The maximum absolute atomic E-state index is 5.69. The first-order valence-corrected chi connectivity index (χ1v) is 6.74. The molecule has 2 heterocycles. The fourth-order valence-corrected chi connectivity index (χ4v) is 2.10. The minimum atomic E-state index is 0.0402. The van der Waals surface area contributed by atoms with Crippen molar-refractivity contribution in [2.75, 3.05) is 19.8 Å². The van der Waals surface area contributed by atoms with Gasteiger partial charge in [-0.1, -0.05) is 6.92 Å². The van der Waals surface area contributed by atoms with Gasteiger partial charge in [0.05, 0.1) is 6.04 Å². The number of nitrogens with one attached hydrogen (secondary N) is 1.